The van der Waals surface area contributed by atoms with Gasteiger partial charge >= 0.3 is 0 Å². The molecular weight excluding hydrogens is 182 g/mol. The molecule has 0 amide bonds. The summed E-state index contributed by atoms with van der Waals surface area (Å²) in [5.74, 6) is 1.82. The van der Waals surface area contributed by atoms with Crippen LogP contribution in [0.5, 0.6) is 0 Å². The van der Waals surface area contributed by atoms with Gasteiger partial charge in [-0.15, -0.1) is 0 Å². The Morgan fingerprint density at radius 1 is 1.20 bits per heavy atom. The summed E-state index contributed by atoms with van der Waals surface area (Å²) in [6.45, 7) is 8.21. The Labute approximate surface area is 96.0 Å². The molecule has 90 valence electrons. The quantitative estimate of drug-likeness (QED) is 0.655. The lowest BCUT2D eigenvalue weighted by atomic mass is 9.83. The first-order chi connectivity index (χ1) is 7.24. The molecule has 0 spiro atoms. The summed E-state index contributed by atoms with van der Waals surface area (Å²) in [5.41, 5.74) is 0. The van der Waals surface area contributed by atoms with Crippen molar-refractivity contribution < 1.29 is 0 Å². The third kappa shape index (κ3) is 5.01. The molecule has 0 aromatic carbocycles. The first kappa shape index (κ1) is 13.0. The van der Waals surface area contributed by atoms with Crippen molar-refractivity contribution in [3.63, 3.8) is 0 Å². The largest absolute Gasteiger partial charge is 0.314 e. The molecule has 0 bridgehead atoms. The molecule has 2 atom stereocenters. The SMILES string of the molecule is CCC1CCCCC1NCCCC(C)C. The molecule has 0 heterocycles. The number of hydrogen-bond donors (Lipinski definition) is 1. The van der Waals surface area contributed by atoms with E-state index in [1.165, 1.54) is 51.5 Å². The molecule has 1 fully saturated rings. The predicted molar refractivity (Wildman–Crippen MR) is 68.1 cm³/mol. The molecule has 1 aliphatic rings. The van der Waals surface area contributed by atoms with Crippen molar-refractivity contribution in [1.82, 2.24) is 5.32 Å². The van der Waals surface area contributed by atoms with E-state index >= 15 is 0 Å². The lowest BCUT2D eigenvalue weighted by Crippen LogP contribution is -2.38. The first-order valence-corrected chi connectivity index (χ1v) is 6.97. The Bertz CT molecular complexity index is 153. The third-order valence-corrected chi connectivity index (χ3v) is 3.80. The molecule has 0 aromatic rings. The molecule has 2 unspecified atom stereocenters. The fourth-order valence-electron chi connectivity index (χ4n) is 2.76. The van der Waals surface area contributed by atoms with Crippen LogP contribution in [0.25, 0.3) is 0 Å². The molecule has 0 saturated heterocycles. The summed E-state index contributed by atoms with van der Waals surface area (Å²) in [4.78, 5) is 0. The summed E-state index contributed by atoms with van der Waals surface area (Å²) in [6.07, 6.45) is 9.86. The normalized spacial score (nSPS) is 27.2. The molecule has 0 radical (unpaired) electrons. The molecule has 1 saturated carbocycles. The van der Waals surface area contributed by atoms with Gasteiger partial charge in [-0.1, -0.05) is 40.0 Å². The number of hydrogen-bond acceptors (Lipinski definition) is 1. The topological polar surface area (TPSA) is 12.0 Å². The second kappa shape index (κ2) is 7.27. The average molecular weight is 211 g/mol. The Morgan fingerprint density at radius 3 is 2.60 bits per heavy atom. The molecular formula is C14H29N. The van der Waals surface area contributed by atoms with Crippen LogP contribution in [-0.4, -0.2) is 12.6 Å². The highest BCUT2D eigenvalue weighted by molar-refractivity contribution is 4.79. The van der Waals surface area contributed by atoms with E-state index in [9.17, 15) is 0 Å². The number of nitrogens with one attached hydrogen (secondary N) is 1. The van der Waals surface area contributed by atoms with Gasteiger partial charge in [-0.2, -0.15) is 0 Å². The molecule has 1 N–H and O–H groups in total. The standard InChI is InChI=1S/C14H29N/c1-4-13-9-5-6-10-14(13)15-11-7-8-12(2)3/h12-15H,4-11H2,1-3H3. The fourth-order valence-corrected chi connectivity index (χ4v) is 2.76. The summed E-state index contributed by atoms with van der Waals surface area (Å²) in [6, 6.07) is 0.830. The van der Waals surface area contributed by atoms with E-state index in [0.717, 1.165) is 17.9 Å². The Morgan fingerprint density at radius 2 is 1.93 bits per heavy atom. The van der Waals surface area contributed by atoms with Gasteiger partial charge in [-0.05, 0) is 44.1 Å². The Kier molecular flexibility index (Phi) is 6.31. The van der Waals surface area contributed by atoms with Crippen LogP contribution in [0.2, 0.25) is 0 Å². The van der Waals surface area contributed by atoms with Crippen molar-refractivity contribution in [3.8, 4) is 0 Å². The lowest BCUT2D eigenvalue weighted by molar-refractivity contribution is 0.254. The van der Waals surface area contributed by atoms with Crippen LogP contribution in [0.1, 0.15) is 65.7 Å². The maximum absolute atomic E-state index is 3.78. The van der Waals surface area contributed by atoms with Crippen LogP contribution >= 0.6 is 0 Å². The van der Waals surface area contributed by atoms with Gasteiger partial charge in [0.25, 0.3) is 0 Å². The molecule has 1 rings (SSSR count). The van der Waals surface area contributed by atoms with Crippen molar-refractivity contribution in [3.05, 3.63) is 0 Å². The van der Waals surface area contributed by atoms with Crippen LogP contribution in [0, 0.1) is 11.8 Å². The van der Waals surface area contributed by atoms with E-state index in [4.69, 9.17) is 0 Å². The van der Waals surface area contributed by atoms with Crippen LogP contribution < -0.4 is 5.32 Å². The molecule has 1 heteroatoms. The highest BCUT2D eigenvalue weighted by Crippen LogP contribution is 2.26. The van der Waals surface area contributed by atoms with Gasteiger partial charge in [0, 0.05) is 6.04 Å². The minimum atomic E-state index is 0.830. The zero-order valence-electron chi connectivity index (χ0n) is 10.9. The minimum absolute atomic E-state index is 0.830. The maximum Gasteiger partial charge on any atom is 0.00952 e. The fraction of sp³-hybridized carbons (Fsp3) is 1.00. The van der Waals surface area contributed by atoms with E-state index in [-0.39, 0.29) is 0 Å². The van der Waals surface area contributed by atoms with E-state index in [1.54, 1.807) is 0 Å². The van der Waals surface area contributed by atoms with Gasteiger partial charge in [-0.25, -0.2) is 0 Å². The van der Waals surface area contributed by atoms with Crippen LogP contribution in [-0.2, 0) is 0 Å². The molecule has 0 aromatic heterocycles. The van der Waals surface area contributed by atoms with Crippen molar-refractivity contribution in [1.29, 1.82) is 0 Å². The summed E-state index contributed by atoms with van der Waals surface area (Å²) in [5, 5.41) is 3.78. The highest BCUT2D eigenvalue weighted by atomic mass is 14.9. The van der Waals surface area contributed by atoms with Gasteiger partial charge < -0.3 is 5.32 Å². The van der Waals surface area contributed by atoms with E-state index in [2.05, 4.69) is 26.1 Å². The van der Waals surface area contributed by atoms with E-state index in [1.807, 2.05) is 0 Å². The average Bonchev–Trinajstić information content (AvgIpc) is 2.24. The first-order valence-electron chi connectivity index (χ1n) is 6.97. The van der Waals surface area contributed by atoms with Gasteiger partial charge in [-0.3, -0.25) is 0 Å². The van der Waals surface area contributed by atoms with Crippen molar-refractivity contribution in [2.75, 3.05) is 6.54 Å². The summed E-state index contributed by atoms with van der Waals surface area (Å²) in [7, 11) is 0. The van der Waals surface area contributed by atoms with Gasteiger partial charge in [0.1, 0.15) is 0 Å². The maximum atomic E-state index is 3.78. The van der Waals surface area contributed by atoms with Gasteiger partial charge in [0.2, 0.25) is 0 Å². The van der Waals surface area contributed by atoms with Gasteiger partial charge in [0.15, 0.2) is 0 Å². The van der Waals surface area contributed by atoms with Crippen molar-refractivity contribution >= 4 is 0 Å². The summed E-state index contributed by atoms with van der Waals surface area (Å²) < 4.78 is 0. The number of rotatable bonds is 6. The predicted octanol–water partition coefficient (Wildman–Crippen LogP) is 3.98. The second-order valence-electron chi connectivity index (χ2n) is 5.55. The molecule has 1 aliphatic carbocycles. The lowest BCUT2D eigenvalue weighted by Gasteiger charge is -2.31. The van der Waals surface area contributed by atoms with Crippen LogP contribution in [0.4, 0.5) is 0 Å². The zero-order chi connectivity index (χ0) is 11.1. The highest BCUT2D eigenvalue weighted by Gasteiger charge is 2.22. The third-order valence-electron chi connectivity index (χ3n) is 3.80. The van der Waals surface area contributed by atoms with Crippen LogP contribution in [0.15, 0.2) is 0 Å². The summed E-state index contributed by atoms with van der Waals surface area (Å²) >= 11 is 0. The molecule has 15 heavy (non-hydrogen) atoms. The van der Waals surface area contributed by atoms with E-state index < -0.39 is 0 Å². The van der Waals surface area contributed by atoms with Crippen LogP contribution in [0.3, 0.4) is 0 Å². The Balaban J connectivity index is 2.12. The van der Waals surface area contributed by atoms with Crippen molar-refractivity contribution in [2.24, 2.45) is 11.8 Å². The monoisotopic (exact) mass is 211 g/mol. The zero-order valence-corrected chi connectivity index (χ0v) is 10.9. The minimum Gasteiger partial charge on any atom is -0.314 e. The molecule has 0 aliphatic heterocycles. The van der Waals surface area contributed by atoms with E-state index in [0.29, 0.717) is 0 Å². The van der Waals surface area contributed by atoms with Crippen molar-refractivity contribution in [2.45, 2.75) is 71.8 Å². The smallest absolute Gasteiger partial charge is 0.00952 e. The van der Waals surface area contributed by atoms with Gasteiger partial charge in [0.05, 0.1) is 0 Å². The Hall–Kier alpha value is -0.0400. The second-order valence-corrected chi connectivity index (χ2v) is 5.55. The molecule has 1 nitrogen and oxygen atoms in total.